The molecule has 0 spiro atoms. The van der Waals surface area contributed by atoms with Gasteiger partial charge in [-0.05, 0) is 55.5 Å². The van der Waals surface area contributed by atoms with Crippen molar-refractivity contribution < 1.29 is 23.5 Å². The van der Waals surface area contributed by atoms with Gasteiger partial charge in [0.1, 0.15) is 28.8 Å². The largest absolute Gasteiger partial charge is 0.497 e. The molecule has 4 rings (SSSR count). The van der Waals surface area contributed by atoms with Crippen molar-refractivity contribution in [3.8, 4) is 17.2 Å². The Labute approximate surface area is 167 Å². The van der Waals surface area contributed by atoms with Gasteiger partial charge in [0.25, 0.3) is 0 Å². The number of halogens is 1. The van der Waals surface area contributed by atoms with Gasteiger partial charge in [0.15, 0.2) is 5.78 Å². The van der Waals surface area contributed by atoms with E-state index in [4.69, 9.17) is 9.47 Å². The van der Waals surface area contributed by atoms with E-state index in [0.717, 1.165) is 5.56 Å². The lowest BCUT2D eigenvalue weighted by Crippen LogP contribution is -2.31. The van der Waals surface area contributed by atoms with Crippen LogP contribution in [0.5, 0.6) is 17.2 Å². The van der Waals surface area contributed by atoms with Gasteiger partial charge in [-0.25, -0.2) is 4.39 Å². The zero-order valence-electron chi connectivity index (χ0n) is 16.0. The number of ether oxygens (including phenoxy) is 2. The molecule has 2 atom stereocenters. The standard InChI is InChI=1S/C24H19FO4/c1-14(26)22(24(27)15-7-9-16(25)10-8-15)23-18-5-3-4-6-20(18)29-21-12-11-17(28-2)13-19(21)23/h3-13,22-23H,1-2H3/t22-,23+/m1/s1. The van der Waals surface area contributed by atoms with Crippen LogP contribution in [0.4, 0.5) is 4.39 Å². The van der Waals surface area contributed by atoms with Crippen LogP contribution in [0.25, 0.3) is 0 Å². The molecule has 0 saturated heterocycles. The lowest BCUT2D eigenvalue weighted by molar-refractivity contribution is -0.119. The monoisotopic (exact) mass is 390 g/mol. The van der Waals surface area contributed by atoms with Gasteiger partial charge in [0.2, 0.25) is 0 Å². The van der Waals surface area contributed by atoms with Crippen molar-refractivity contribution in [2.75, 3.05) is 7.11 Å². The van der Waals surface area contributed by atoms with E-state index in [0.29, 0.717) is 28.4 Å². The number of Topliss-reactive ketones (excluding diaryl/α,β-unsaturated/α-hetero) is 2. The summed E-state index contributed by atoms with van der Waals surface area (Å²) in [6, 6.07) is 18.0. The SMILES string of the molecule is COc1ccc2c(c1)[C@@H]([C@@H](C(C)=O)C(=O)c1ccc(F)cc1)c1ccccc1O2. The average molecular weight is 390 g/mol. The van der Waals surface area contributed by atoms with Crippen LogP contribution in [0.15, 0.2) is 66.7 Å². The van der Waals surface area contributed by atoms with Gasteiger partial charge < -0.3 is 9.47 Å². The summed E-state index contributed by atoms with van der Waals surface area (Å²) in [6.07, 6.45) is 0. The van der Waals surface area contributed by atoms with Crippen molar-refractivity contribution >= 4 is 11.6 Å². The maximum atomic E-state index is 13.4. The maximum absolute atomic E-state index is 13.4. The van der Waals surface area contributed by atoms with E-state index in [1.165, 1.54) is 31.2 Å². The lowest BCUT2D eigenvalue weighted by atomic mass is 9.74. The topological polar surface area (TPSA) is 52.6 Å². The number of carbonyl (C=O) groups excluding carboxylic acids is 2. The number of methoxy groups -OCH3 is 1. The normalized spacial score (nSPS) is 15.5. The van der Waals surface area contributed by atoms with Gasteiger partial charge in [-0.1, -0.05) is 18.2 Å². The summed E-state index contributed by atoms with van der Waals surface area (Å²) >= 11 is 0. The molecule has 1 aliphatic rings. The zero-order chi connectivity index (χ0) is 20.5. The molecule has 0 radical (unpaired) electrons. The first kappa shape index (κ1) is 18.9. The van der Waals surface area contributed by atoms with Crippen LogP contribution in [-0.4, -0.2) is 18.7 Å². The van der Waals surface area contributed by atoms with Gasteiger partial charge in [-0.2, -0.15) is 0 Å². The van der Waals surface area contributed by atoms with Crippen molar-refractivity contribution in [2.24, 2.45) is 5.92 Å². The molecule has 5 heteroatoms. The van der Waals surface area contributed by atoms with E-state index < -0.39 is 17.7 Å². The Morgan fingerprint density at radius 1 is 0.966 bits per heavy atom. The van der Waals surface area contributed by atoms with Gasteiger partial charge in [-0.3, -0.25) is 9.59 Å². The summed E-state index contributed by atoms with van der Waals surface area (Å²) in [5.74, 6) is -0.791. The van der Waals surface area contributed by atoms with Crippen molar-refractivity contribution in [3.63, 3.8) is 0 Å². The molecule has 3 aromatic carbocycles. The quantitative estimate of drug-likeness (QED) is 0.446. The minimum Gasteiger partial charge on any atom is -0.497 e. The molecule has 3 aromatic rings. The Hall–Kier alpha value is -3.47. The molecule has 146 valence electrons. The van der Waals surface area contributed by atoms with Crippen LogP contribution >= 0.6 is 0 Å². The molecule has 0 N–H and O–H groups in total. The van der Waals surface area contributed by atoms with Gasteiger partial charge >= 0.3 is 0 Å². The second-order valence-electron chi connectivity index (χ2n) is 6.98. The zero-order valence-corrected chi connectivity index (χ0v) is 16.0. The highest BCUT2D eigenvalue weighted by Crippen LogP contribution is 2.49. The second kappa shape index (κ2) is 7.51. The predicted octanol–water partition coefficient (Wildman–Crippen LogP) is 5.16. The number of benzene rings is 3. The van der Waals surface area contributed by atoms with Crippen LogP contribution in [0.3, 0.4) is 0 Å². The van der Waals surface area contributed by atoms with Crippen molar-refractivity contribution in [3.05, 3.63) is 89.2 Å². The fourth-order valence-corrected chi connectivity index (χ4v) is 3.83. The van der Waals surface area contributed by atoms with Gasteiger partial charge in [0, 0.05) is 22.6 Å². The third-order valence-electron chi connectivity index (χ3n) is 5.21. The summed E-state index contributed by atoms with van der Waals surface area (Å²) in [5.41, 5.74) is 1.75. The summed E-state index contributed by atoms with van der Waals surface area (Å²) in [4.78, 5) is 26.1. The summed E-state index contributed by atoms with van der Waals surface area (Å²) < 4.78 is 24.7. The molecular formula is C24H19FO4. The lowest BCUT2D eigenvalue weighted by Gasteiger charge is -2.32. The molecule has 0 fully saturated rings. The van der Waals surface area contributed by atoms with Crippen LogP contribution in [0.2, 0.25) is 0 Å². The molecule has 0 saturated carbocycles. The Kier molecular flexibility index (Phi) is 4.89. The van der Waals surface area contributed by atoms with Crippen molar-refractivity contribution in [1.29, 1.82) is 0 Å². The van der Waals surface area contributed by atoms with E-state index in [-0.39, 0.29) is 11.6 Å². The first-order chi connectivity index (χ1) is 14.0. The smallest absolute Gasteiger partial charge is 0.174 e. The average Bonchev–Trinajstić information content (AvgIpc) is 2.73. The number of fused-ring (bicyclic) bond motifs is 2. The molecule has 0 bridgehead atoms. The molecule has 0 unspecified atom stereocenters. The van der Waals surface area contributed by atoms with Gasteiger partial charge in [-0.15, -0.1) is 0 Å². The first-order valence-corrected chi connectivity index (χ1v) is 9.24. The van der Waals surface area contributed by atoms with E-state index >= 15 is 0 Å². The Balaban J connectivity index is 1.89. The van der Waals surface area contributed by atoms with E-state index in [2.05, 4.69) is 0 Å². The number of hydrogen-bond acceptors (Lipinski definition) is 4. The molecule has 4 nitrogen and oxygen atoms in total. The van der Waals surface area contributed by atoms with Crippen LogP contribution < -0.4 is 9.47 Å². The van der Waals surface area contributed by atoms with Crippen molar-refractivity contribution in [1.82, 2.24) is 0 Å². The number of carbonyl (C=O) groups is 2. The molecule has 1 heterocycles. The Morgan fingerprint density at radius 3 is 2.34 bits per heavy atom. The summed E-state index contributed by atoms with van der Waals surface area (Å²) in [6.45, 7) is 1.41. The highest BCUT2D eigenvalue weighted by atomic mass is 19.1. The maximum Gasteiger partial charge on any atom is 0.174 e. The predicted molar refractivity (Wildman–Crippen MR) is 106 cm³/mol. The minimum absolute atomic E-state index is 0.269. The third-order valence-corrected chi connectivity index (χ3v) is 5.21. The van der Waals surface area contributed by atoms with Crippen LogP contribution in [0.1, 0.15) is 34.3 Å². The number of ketones is 2. The van der Waals surface area contributed by atoms with E-state index in [1.807, 2.05) is 24.3 Å². The van der Waals surface area contributed by atoms with Crippen LogP contribution in [0, 0.1) is 11.7 Å². The molecule has 1 aliphatic heterocycles. The van der Waals surface area contributed by atoms with Crippen molar-refractivity contribution in [2.45, 2.75) is 12.8 Å². The molecular weight excluding hydrogens is 371 g/mol. The number of para-hydroxylation sites is 1. The Bertz CT molecular complexity index is 1090. The first-order valence-electron chi connectivity index (χ1n) is 9.24. The summed E-state index contributed by atoms with van der Waals surface area (Å²) in [5, 5.41) is 0. The van der Waals surface area contributed by atoms with Gasteiger partial charge in [0.05, 0.1) is 13.0 Å². The van der Waals surface area contributed by atoms with E-state index in [9.17, 15) is 14.0 Å². The molecule has 0 amide bonds. The number of rotatable bonds is 5. The highest BCUT2D eigenvalue weighted by molar-refractivity contribution is 6.11. The van der Waals surface area contributed by atoms with Crippen LogP contribution in [-0.2, 0) is 4.79 Å². The molecule has 0 aliphatic carbocycles. The fourth-order valence-electron chi connectivity index (χ4n) is 3.83. The van der Waals surface area contributed by atoms with E-state index in [1.54, 1.807) is 25.3 Å². The fraction of sp³-hybridized carbons (Fsp3) is 0.167. The number of hydrogen-bond donors (Lipinski definition) is 0. The second-order valence-corrected chi connectivity index (χ2v) is 6.98. The highest BCUT2D eigenvalue weighted by Gasteiger charge is 2.40. The molecule has 0 aromatic heterocycles. The minimum atomic E-state index is -0.976. The third kappa shape index (κ3) is 3.40. The molecule has 29 heavy (non-hydrogen) atoms. The Morgan fingerprint density at radius 2 is 1.66 bits per heavy atom. The summed E-state index contributed by atoms with van der Waals surface area (Å²) in [7, 11) is 1.56.